The number of aryl methyl sites for hydroxylation is 1. The monoisotopic (exact) mass is 215 g/mol. The normalized spacial score (nSPS) is 22.1. The number of hydrogen-bond acceptors (Lipinski definition) is 5. The van der Waals surface area contributed by atoms with Crippen LogP contribution in [-0.2, 0) is 6.42 Å². The van der Waals surface area contributed by atoms with Crippen molar-refractivity contribution in [2.24, 2.45) is 0 Å². The molecule has 1 aliphatic rings. The second-order valence-electron chi connectivity index (χ2n) is 3.06. The Morgan fingerprint density at radius 1 is 1.54 bits per heavy atom. The maximum atomic E-state index is 4.10. The molecule has 0 aromatic carbocycles. The van der Waals surface area contributed by atoms with Crippen molar-refractivity contribution in [2.45, 2.75) is 25.8 Å². The van der Waals surface area contributed by atoms with E-state index in [-0.39, 0.29) is 0 Å². The standard InChI is InChI=1S/C8H13N3S2/c1-2-7-10-11-8(13-7)9-6-3-4-12-5-6/h6H,2-5H2,1H3,(H,9,11). The summed E-state index contributed by atoms with van der Waals surface area (Å²) >= 11 is 3.69. The van der Waals surface area contributed by atoms with Gasteiger partial charge in [0.1, 0.15) is 5.01 Å². The van der Waals surface area contributed by atoms with Gasteiger partial charge in [0.25, 0.3) is 0 Å². The van der Waals surface area contributed by atoms with Crippen LogP contribution in [0.3, 0.4) is 0 Å². The Kier molecular flexibility index (Phi) is 3.05. The van der Waals surface area contributed by atoms with Crippen LogP contribution < -0.4 is 5.32 Å². The Hall–Kier alpha value is -0.290. The molecule has 1 atom stereocenters. The number of hydrogen-bond donors (Lipinski definition) is 1. The van der Waals surface area contributed by atoms with Gasteiger partial charge in [-0.2, -0.15) is 11.8 Å². The van der Waals surface area contributed by atoms with Gasteiger partial charge in [0, 0.05) is 11.8 Å². The SMILES string of the molecule is CCc1nnc(NC2CCSC2)s1. The van der Waals surface area contributed by atoms with Crippen LogP contribution in [0.25, 0.3) is 0 Å². The number of nitrogens with one attached hydrogen (secondary N) is 1. The van der Waals surface area contributed by atoms with Crippen LogP contribution in [0.5, 0.6) is 0 Å². The predicted octanol–water partition coefficient (Wildman–Crippen LogP) is 2.02. The second-order valence-corrected chi connectivity index (χ2v) is 5.27. The molecule has 1 saturated heterocycles. The van der Waals surface area contributed by atoms with E-state index in [0.29, 0.717) is 6.04 Å². The van der Waals surface area contributed by atoms with Crippen LogP contribution in [0, 0.1) is 0 Å². The molecule has 0 saturated carbocycles. The quantitative estimate of drug-likeness (QED) is 0.837. The third kappa shape index (κ3) is 2.34. The third-order valence-electron chi connectivity index (χ3n) is 2.03. The van der Waals surface area contributed by atoms with Gasteiger partial charge in [-0.05, 0) is 18.6 Å². The fraction of sp³-hybridized carbons (Fsp3) is 0.750. The Morgan fingerprint density at radius 2 is 2.46 bits per heavy atom. The zero-order valence-corrected chi connectivity index (χ0v) is 9.25. The maximum Gasteiger partial charge on any atom is 0.205 e. The number of aromatic nitrogens is 2. The average Bonchev–Trinajstić information content (AvgIpc) is 2.76. The first-order chi connectivity index (χ1) is 6.38. The van der Waals surface area contributed by atoms with E-state index in [9.17, 15) is 0 Å². The van der Waals surface area contributed by atoms with Crippen molar-refractivity contribution >= 4 is 28.2 Å². The van der Waals surface area contributed by atoms with Crippen molar-refractivity contribution in [3.63, 3.8) is 0 Å². The summed E-state index contributed by atoms with van der Waals surface area (Å²) in [5.41, 5.74) is 0. The Morgan fingerprint density at radius 3 is 3.08 bits per heavy atom. The van der Waals surface area contributed by atoms with E-state index in [4.69, 9.17) is 0 Å². The van der Waals surface area contributed by atoms with Crippen molar-refractivity contribution in [2.75, 3.05) is 16.8 Å². The van der Waals surface area contributed by atoms with Gasteiger partial charge in [0.05, 0.1) is 0 Å². The molecule has 2 rings (SSSR count). The lowest BCUT2D eigenvalue weighted by molar-refractivity contribution is 0.806. The van der Waals surface area contributed by atoms with E-state index < -0.39 is 0 Å². The first-order valence-corrected chi connectivity index (χ1v) is 6.52. The highest BCUT2D eigenvalue weighted by molar-refractivity contribution is 7.99. The minimum absolute atomic E-state index is 0.614. The largest absolute Gasteiger partial charge is 0.356 e. The predicted molar refractivity (Wildman–Crippen MR) is 58.6 cm³/mol. The molecule has 0 amide bonds. The van der Waals surface area contributed by atoms with E-state index in [1.54, 1.807) is 11.3 Å². The smallest absolute Gasteiger partial charge is 0.205 e. The van der Waals surface area contributed by atoms with Crippen molar-refractivity contribution in [1.82, 2.24) is 10.2 Å². The molecule has 13 heavy (non-hydrogen) atoms. The van der Waals surface area contributed by atoms with E-state index in [1.165, 1.54) is 17.9 Å². The summed E-state index contributed by atoms with van der Waals surface area (Å²) in [6.07, 6.45) is 2.24. The van der Waals surface area contributed by atoms with E-state index in [2.05, 4.69) is 22.4 Å². The van der Waals surface area contributed by atoms with Crippen LogP contribution in [0.2, 0.25) is 0 Å². The number of anilines is 1. The van der Waals surface area contributed by atoms with Gasteiger partial charge in [-0.3, -0.25) is 0 Å². The first-order valence-electron chi connectivity index (χ1n) is 4.55. The van der Waals surface area contributed by atoms with Crippen molar-refractivity contribution in [3.05, 3.63) is 5.01 Å². The Balaban J connectivity index is 1.92. The summed E-state index contributed by atoms with van der Waals surface area (Å²) in [5, 5.41) is 13.7. The highest BCUT2D eigenvalue weighted by Crippen LogP contribution is 2.23. The van der Waals surface area contributed by atoms with Gasteiger partial charge in [-0.25, -0.2) is 0 Å². The molecular formula is C8H13N3S2. The van der Waals surface area contributed by atoms with E-state index in [1.807, 2.05) is 11.8 Å². The highest BCUT2D eigenvalue weighted by atomic mass is 32.2. The minimum Gasteiger partial charge on any atom is -0.356 e. The molecule has 1 N–H and O–H groups in total. The fourth-order valence-electron chi connectivity index (χ4n) is 1.28. The molecule has 1 aromatic rings. The van der Waals surface area contributed by atoms with Gasteiger partial charge in [0.2, 0.25) is 5.13 Å². The molecule has 2 heterocycles. The summed E-state index contributed by atoms with van der Waals surface area (Å²) in [6.45, 7) is 2.11. The topological polar surface area (TPSA) is 37.8 Å². The average molecular weight is 215 g/mol. The summed E-state index contributed by atoms with van der Waals surface area (Å²) in [4.78, 5) is 0. The van der Waals surface area contributed by atoms with Gasteiger partial charge < -0.3 is 5.32 Å². The summed E-state index contributed by atoms with van der Waals surface area (Å²) in [5.74, 6) is 2.48. The zero-order chi connectivity index (χ0) is 9.10. The third-order valence-corrected chi connectivity index (χ3v) is 4.19. The molecule has 0 spiro atoms. The van der Waals surface area contributed by atoms with Crippen molar-refractivity contribution < 1.29 is 0 Å². The summed E-state index contributed by atoms with van der Waals surface area (Å²) in [7, 11) is 0. The van der Waals surface area contributed by atoms with Crippen LogP contribution in [0.15, 0.2) is 0 Å². The molecule has 1 fully saturated rings. The van der Waals surface area contributed by atoms with Crippen LogP contribution >= 0.6 is 23.1 Å². The van der Waals surface area contributed by atoms with E-state index >= 15 is 0 Å². The van der Waals surface area contributed by atoms with Crippen molar-refractivity contribution in [1.29, 1.82) is 0 Å². The Bertz CT molecular complexity index is 268. The van der Waals surface area contributed by atoms with Gasteiger partial charge in [-0.15, -0.1) is 10.2 Å². The highest BCUT2D eigenvalue weighted by Gasteiger charge is 2.16. The second kappa shape index (κ2) is 4.28. The first kappa shape index (κ1) is 9.27. The molecule has 3 nitrogen and oxygen atoms in total. The fourth-order valence-corrected chi connectivity index (χ4v) is 3.19. The van der Waals surface area contributed by atoms with Gasteiger partial charge >= 0.3 is 0 Å². The lowest BCUT2D eigenvalue weighted by Crippen LogP contribution is -2.17. The summed E-state index contributed by atoms with van der Waals surface area (Å²) < 4.78 is 0. The molecule has 1 unspecified atom stereocenters. The van der Waals surface area contributed by atoms with Crippen LogP contribution in [0.1, 0.15) is 18.4 Å². The van der Waals surface area contributed by atoms with Crippen LogP contribution in [0.4, 0.5) is 5.13 Å². The lowest BCUT2D eigenvalue weighted by Gasteiger charge is -2.07. The molecule has 0 radical (unpaired) electrons. The Labute approximate surface area is 86.3 Å². The minimum atomic E-state index is 0.614. The molecule has 0 aliphatic carbocycles. The number of thioether (sulfide) groups is 1. The number of nitrogens with zero attached hydrogens (tertiary/aromatic N) is 2. The molecule has 5 heteroatoms. The molecule has 1 aliphatic heterocycles. The molecule has 0 bridgehead atoms. The van der Waals surface area contributed by atoms with Gasteiger partial charge in [-0.1, -0.05) is 18.3 Å². The maximum absolute atomic E-state index is 4.10. The molecular weight excluding hydrogens is 202 g/mol. The summed E-state index contributed by atoms with van der Waals surface area (Å²) in [6, 6.07) is 0.614. The lowest BCUT2D eigenvalue weighted by atomic mass is 10.3. The molecule has 1 aromatic heterocycles. The van der Waals surface area contributed by atoms with Crippen molar-refractivity contribution in [3.8, 4) is 0 Å². The van der Waals surface area contributed by atoms with Crippen LogP contribution in [-0.4, -0.2) is 27.7 Å². The molecule has 72 valence electrons. The van der Waals surface area contributed by atoms with E-state index in [0.717, 1.165) is 16.6 Å². The number of rotatable bonds is 3. The zero-order valence-electron chi connectivity index (χ0n) is 7.62. The van der Waals surface area contributed by atoms with Gasteiger partial charge in [0.15, 0.2) is 0 Å².